The summed E-state index contributed by atoms with van der Waals surface area (Å²) in [6.07, 6.45) is 0.219. The van der Waals surface area contributed by atoms with Crippen molar-refractivity contribution in [2.24, 2.45) is 0 Å². The van der Waals surface area contributed by atoms with Crippen LogP contribution in [0.3, 0.4) is 0 Å². The maximum atomic E-state index is 13.9. The van der Waals surface area contributed by atoms with Gasteiger partial charge in [0.25, 0.3) is 5.56 Å². The van der Waals surface area contributed by atoms with E-state index in [0.29, 0.717) is 5.02 Å². The molecule has 8 nitrogen and oxygen atoms in total. The Labute approximate surface area is 222 Å². The molecule has 1 N–H and O–H groups in total. The summed E-state index contributed by atoms with van der Waals surface area (Å²) >= 11 is 7.05. The third kappa shape index (κ3) is 5.32. The Kier molecular flexibility index (Phi) is 7.81. The smallest absolute Gasteiger partial charge is 0.332 e. The number of fused-ring (bicyclic) bond motifs is 1. The number of hydrogen-bond donors (Lipinski definition) is 1. The molecule has 4 rings (SSSR count). The molecule has 0 aliphatic heterocycles. The average molecular weight is 631 g/mol. The Morgan fingerprint density at radius 2 is 1.83 bits per heavy atom. The lowest BCUT2D eigenvalue weighted by atomic mass is 10.2. The molecule has 0 aliphatic rings. The van der Waals surface area contributed by atoms with Gasteiger partial charge in [-0.1, -0.05) is 35.9 Å². The number of aliphatic hydroxyl groups excluding tert-OH is 1. The molecular formula is C24H22ClF2IN4O4. The molecule has 0 fully saturated rings. The number of imidazole rings is 1. The SMILES string of the molecule is CCn1c(=O)n(CCCO)c(=O)c2c1nc(Oc1cccc(C(F)(F)I)c1)n2Cc1ccc(Cl)cc1. The lowest BCUT2D eigenvalue weighted by molar-refractivity contribution is 0.127. The Balaban J connectivity index is 1.94. The van der Waals surface area contributed by atoms with Crippen molar-refractivity contribution in [3.8, 4) is 11.8 Å². The van der Waals surface area contributed by atoms with Gasteiger partial charge in [-0.2, -0.15) is 13.8 Å². The maximum Gasteiger partial charge on any atom is 0.332 e. The molecule has 0 saturated carbocycles. The molecule has 190 valence electrons. The second-order valence-corrected chi connectivity index (χ2v) is 9.76. The number of nitrogens with zero attached hydrogens (tertiary/aromatic N) is 4. The Morgan fingerprint density at radius 3 is 2.47 bits per heavy atom. The fourth-order valence-corrected chi connectivity index (χ4v) is 4.28. The Morgan fingerprint density at radius 1 is 1.11 bits per heavy atom. The Bertz CT molecular complexity index is 1510. The molecule has 12 heteroatoms. The molecule has 0 unspecified atom stereocenters. The number of hydrogen-bond acceptors (Lipinski definition) is 5. The fraction of sp³-hybridized carbons (Fsp3) is 0.292. The van der Waals surface area contributed by atoms with Crippen LogP contribution in [0.15, 0.2) is 58.1 Å². The number of rotatable bonds is 9. The van der Waals surface area contributed by atoms with Gasteiger partial charge >= 0.3 is 15.6 Å². The highest BCUT2D eigenvalue weighted by molar-refractivity contribution is 14.1. The van der Waals surface area contributed by atoms with E-state index in [9.17, 15) is 23.5 Å². The summed E-state index contributed by atoms with van der Waals surface area (Å²) in [5.41, 5.74) is -0.388. The fourth-order valence-electron chi connectivity index (χ4n) is 3.82. The molecule has 0 bridgehead atoms. The number of ether oxygens (including phenoxy) is 1. The van der Waals surface area contributed by atoms with Crippen molar-refractivity contribution >= 4 is 45.4 Å². The number of aliphatic hydroxyl groups is 1. The number of aryl methyl sites for hydroxylation is 1. The molecule has 36 heavy (non-hydrogen) atoms. The van der Waals surface area contributed by atoms with Gasteiger partial charge in [0, 0.05) is 52.9 Å². The first-order chi connectivity index (χ1) is 17.1. The van der Waals surface area contributed by atoms with E-state index in [1.165, 1.54) is 33.4 Å². The van der Waals surface area contributed by atoms with E-state index >= 15 is 0 Å². The molecule has 4 aromatic rings. The first kappa shape index (κ1) is 26.3. The van der Waals surface area contributed by atoms with E-state index < -0.39 is 15.2 Å². The van der Waals surface area contributed by atoms with E-state index in [4.69, 9.17) is 16.3 Å². The van der Waals surface area contributed by atoms with Crippen molar-refractivity contribution in [1.82, 2.24) is 18.7 Å². The van der Waals surface area contributed by atoms with E-state index in [2.05, 4.69) is 4.98 Å². The minimum absolute atomic E-state index is 0.0270. The van der Waals surface area contributed by atoms with Crippen LogP contribution in [0.5, 0.6) is 11.8 Å². The van der Waals surface area contributed by atoms with Crippen LogP contribution >= 0.6 is 34.2 Å². The predicted molar refractivity (Wildman–Crippen MR) is 141 cm³/mol. The monoisotopic (exact) mass is 630 g/mol. The minimum Gasteiger partial charge on any atom is -0.425 e. The highest BCUT2D eigenvalue weighted by atomic mass is 127. The molecule has 2 aromatic heterocycles. The summed E-state index contributed by atoms with van der Waals surface area (Å²) in [5.74, 6) is 0.0995. The second-order valence-electron chi connectivity index (χ2n) is 7.97. The van der Waals surface area contributed by atoms with Crippen molar-refractivity contribution < 1.29 is 18.6 Å². The number of halogens is 4. The second kappa shape index (κ2) is 10.7. The number of alkyl halides is 3. The molecule has 2 aromatic carbocycles. The molecule has 0 radical (unpaired) electrons. The van der Waals surface area contributed by atoms with Gasteiger partial charge in [0.2, 0.25) is 0 Å². The van der Waals surface area contributed by atoms with Gasteiger partial charge < -0.3 is 9.84 Å². The average Bonchev–Trinajstić information content (AvgIpc) is 3.18. The lowest BCUT2D eigenvalue weighted by Gasteiger charge is -2.13. The normalized spacial score (nSPS) is 11.8. The van der Waals surface area contributed by atoms with Gasteiger partial charge in [0.1, 0.15) is 5.75 Å². The maximum absolute atomic E-state index is 13.9. The Hall–Kier alpha value is -2.77. The van der Waals surface area contributed by atoms with Crippen LogP contribution in [0.4, 0.5) is 8.78 Å². The molecule has 0 atom stereocenters. The van der Waals surface area contributed by atoms with E-state index in [1.54, 1.807) is 31.2 Å². The summed E-state index contributed by atoms with van der Waals surface area (Å²) in [4.78, 5) is 30.9. The van der Waals surface area contributed by atoms with E-state index in [1.807, 2.05) is 0 Å². The van der Waals surface area contributed by atoms with E-state index in [-0.39, 0.29) is 61.1 Å². The van der Waals surface area contributed by atoms with Crippen molar-refractivity contribution in [2.45, 2.75) is 36.9 Å². The third-order valence-electron chi connectivity index (χ3n) is 5.56. The zero-order chi connectivity index (χ0) is 26.0. The van der Waals surface area contributed by atoms with Crippen molar-refractivity contribution in [3.63, 3.8) is 0 Å². The molecule has 0 spiro atoms. The van der Waals surface area contributed by atoms with Crippen LogP contribution in [0.2, 0.25) is 5.02 Å². The van der Waals surface area contributed by atoms with Gasteiger partial charge in [-0.25, -0.2) is 4.79 Å². The van der Waals surface area contributed by atoms with Gasteiger partial charge in [-0.05, 0) is 43.2 Å². The quantitative estimate of drug-likeness (QED) is 0.213. The standard InChI is InChI=1S/C24H22ClF2IN4O4/c1-2-30-20-19(21(34)31(23(30)35)11-4-12-33)32(14-15-7-9-17(25)10-8-15)22(29-20)36-18-6-3-5-16(13-18)24(26,27)28/h3,5-10,13,33H,2,4,11-12,14H2,1H3. The van der Waals surface area contributed by atoms with Gasteiger partial charge in [0.05, 0.1) is 6.54 Å². The topological polar surface area (TPSA) is 91.3 Å². The lowest BCUT2D eigenvalue weighted by Crippen LogP contribution is -2.40. The summed E-state index contributed by atoms with van der Waals surface area (Å²) in [7, 11) is 0. The van der Waals surface area contributed by atoms with Crippen LogP contribution in [-0.2, 0) is 23.6 Å². The van der Waals surface area contributed by atoms with E-state index in [0.717, 1.165) is 32.7 Å². The van der Waals surface area contributed by atoms with Crippen LogP contribution in [0, 0.1) is 0 Å². The molecule has 0 saturated heterocycles. The summed E-state index contributed by atoms with van der Waals surface area (Å²) < 4.78 is 34.5. The van der Waals surface area contributed by atoms with Crippen molar-refractivity contribution in [1.29, 1.82) is 0 Å². The van der Waals surface area contributed by atoms with Gasteiger partial charge in [-0.3, -0.25) is 18.5 Å². The highest BCUT2D eigenvalue weighted by Gasteiger charge is 2.28. The summed E-state index contributed by atoms with van der Waals surface area (Å²) in [5, 5.41) is 9.78. The predicted octanol–water partition coefficient (Wildman–Crippen LogP) is 4.74. The highest BCUT2D eigenvalue weighted by Crippen LogP contribution is 2.37. The molecule has 0 amide bonds. The first-order valence-corrected chi connectivity index (χ1v) is 12.5. The van der Waals surface area contributed by atoms with Crippen LogP contribution in [0.25, 0.3) is 11.2 Å². The number of benzene rings is 2. The summed E-state index contributed by atoms with van der Waals surface area (Å²) in [6.45, 7) is 1.95. The van der Waals surface area contributed by atoms with Crippen LogP contribution in [0.1, 0.15) is 24.5 Å². The molecule has 2 heterocycles. The van der Waals surface area contributed by atoms with Gasteiger partial charge in [0.15, 0.2) is 11.2 Å². The minimum atomic E-state index is -3.11. The third-order valence-corrected chi connectivity index (χ3v) is 6.43. The van der Waals surface area contributed by atoms with Gasteiger partial charge in [-0.15, -0.1) is 0 Å². The largest absolute Gasteiger partial charge is 0.425 e. The molecular weight excluding hydrogens is 609 g/mol. The summed E-state index contributed by atoms with van der Waals surface area (Å²) in [6, 6.07) is 12.3. The van der Waals surface area contributed by atoms with Crippen molar-refractivity contribution in [2.75, 3.05) is 6.61 Å². The zero-order valence-electron chi connectivity index (χ0n) is 19.1. The zero-order valence-corrected chi connectivity index (χ0v) is 22.0. The first-order valence-electron chi connectivity index (χ1n) is 11.1. The van der Waals surface area contributed by atoms with Crippen LogP contribution < -0.4 is 16.0 Å². The van der Waals surface area contributed by atoms with Crippen LogP contribution in [-0.4, -0.2) is 30.4 Å². The van der Waals surface area contributed by atoms with Crippen molar-refractivity contribution in [3.05, 3.63) is 85.5 Å². The molecule has 0 aliphatic carbocycles. The number of aromatic nitrogens is 4.